The third kappa shape index (κ3) is 3.37. The quantitative estimate of drug-likeness (QED) is 0.589. The Labute approximate surface area is 66.2 Å². The molecule has 1 aromatic heterocycles. The fourth-order valence-electron chi connectivity index (χ4n) is 0.586. The molecule has 1 aromatic rings. The highest BCUT2D eigenvalue weighted by Crippen LogP contribution is 1.98. The van der Waals surface area contributed by atoms with Crippen LogP contribution in [0.1, 0.15) is 5.69 Å². The summed E-state index contributed by atoms with van der Waals surface area (Å²) in [5.74, 6) is 0.446. The number of pyridine rings is 1. The van der Waals surface area contributed by atoms with Crippen molar-refractivity contribution in [2.24, 2.45) is 0 Å². The Morgan fingerprint density at radius 3 is 2.45 bits per heavy atom. The molecule has 0 saturated carbocycles. The monoisotopic (exact) mass is 152 g/mol. The molecule has 0 aliphatic carbocycles. The van der Waals surface area contributed by atoms with Crippen molar-refractivity contribution in [1.29, 1.82) is 0 Å². The van der Waals surface area contributed by atoms with E-state index in [0.29, 0.717) is 11.5 Å². The standard InChI is InChI=1S/C6H8N2O.C2H4/c7-6-3-1-2-5(4-9)8-6;1-2/h1-3,9H,4H2,(H2,7,8);1-2H2. The van der Waals surface area contributed by atoms with Gasteiger partial charge in [-0.1, -0.05) is 6.07 Å². The molecule has 3 nitrogen and oxygen atoms in total. The van der Waals surface area contributed by atoms with Crippen LogP contribution >= 0.6 is 0 Å². The van der Waals surface area contributed by atoms with E-state index in [9.17, 15) is 0 Å². The second-order valence-electron chi connectivity index (χ2n) is 1.71. The second-order valence-corrected chi connectivity index (χ2v) is 1.71. The lowest BCUT2D eigenvalue weighted by molar-refractivity contribution is 0.277. The van der Waals surface area contributed by atoms with E-state index in [1.807, 2.05) is 0 Å². The van der Waals surface area contributed by atoms with Gasteiger partial charge in [-0.15, -0.1) is 13.2 Å². The van der Waals surface area contributed by atoms with Crippen LogP contribution in [0.2, 0.25) is 0 Å². The Kier molecular flexibility index (Phi) is 4.77. The predicted octanol–water partition coefficient (Wildman–Crippen LogP) is 0.958. The third-order valence-electron chi connectivity index (χ3n) is 0.990. The first-order valence-electron chi connectivity index (χ1n) is 3.15. The minimum Gasteiger partial charge on any atom is -0.390 e. The summed E-state index contributed by atoms with van der Waals surface area (Å²) in [5, 5.41) is 8.54. The maximum absolute atomic E-state index is 8.54. The third-order valence-corrected chi connectivity index (χ3v) is 0.990. The second kappa shape index (κ2) is 5.44. The molecule has 0 unspecified atom stereocenters. The summed E-state index contributed by atoms with van der Waals surface area (Å²) >= 11 is 0. The highest BCUT2D eigenvalue weighted by atomic mass is 16.3. The SMILES string of the molecule is C=C.Nc1cccc(CO)n1. The van der Waals surface area contributed by atoms with Crippen LogP contribution in [0.4, 0.5) is 5.82 Å². The normalized spacial score (nSPS) is 8.09. The van der Waals surface area contributed by atoms with E-state index in [1.165, 1.54) is 0 Å². The van der Waals surface area contributed by atoms with Crippen molar-refractivity contribution in [3.8, 4) is 0 Å². The number of nitrogens with zero attached hydrogens (tertiary/aromatic N) is 1. The van der Waals surface area contributed by atoms with Gasteiger partial charge in [0.1, 0.15) is 5.82 Å². The smallest absolute Gasteiger partial charge is 0.123 e. The van der Waals surface area contributed by atoms with Crippen LogP contribution in [0.3, 0.4) is 0 Å². The molecular formula is C8H12N2O. The molecule has 0 aliphatic heterocycles. The minimum absolute atomic E-state index is 0.0506. The Bertz CT molecular complexity index is 213. The van der Waals surface area contributed by atoms with E-state index in [1.54, 1.807) is 18.2 Å². The van der Waals surface area contributed by atoms with Gasteiger partial charge in [-0.25, -0.2) is 4.98 Å². The number of rotatable bonds is 1. The van der Waals surface area contributed by atoms with Gasteiger partial charge in [0.15, 0.2) is 0 Å². The maximum Gasteiger partial charge on any atom is 0.123 e. The van der Waals surface area contributed by atoms with Gasteiger partial charge in [0, 0.05) is 0 Å². The molecule has 0 amide bonds. The number of hydrogen-bond acceptors (Lipinski definition) is 3. The molecule has 0 aromatic carbocycles. The Morgan fingerprint density at radius 1 is 1.45 bits per heavy atom. The highest BCUT2D eigenvalue weighted by Gasteiger charge is 1.88. The van der Waals surface area contributed by atoms with E-state index in [2.05, 4.69) is 18.1 Å². The van der Waals surface area contributed by atoms with Crippen molar-refractivity contribution in [3.05, 3.63) is 37.1 Å². The molecule has 1 heterocycles. The van der Waals surface area contributed by atoms with Crippen molar-refractivity contribution in [2.75, 3.05) is 5.73 Å². The lowest BCUT2D eigenvalue weighted by Gasteiger charge is -1.93. The summed E-state index contributed by atoms with van der Waals surface area (Å²) in [4.78, 5) is 3.82. The Balaban J connectivity index is 0.000000461. The Morgan fingerprint density at radius 2 is 2.09 bits per heavy atom. The number of aliphatic hydroxyl groups excluding tert-OH is 1. The zero-order valence-corrected chi connectivity index (χ0v) is 6.33. The van der Waals surface area contributed by atoms with Crippen LogP contribution < -0.4 is 5.73 Å². The molecule has 3 heteroatoms. The highest BCUT2D eigenvalue weighted by molar-refractivity contribution is 5.28. The summed E-state index contributed by atoms with van der Waals surface area (Å²) in [7, 11) is 0. The summed E-state index contributed by atoms with van der Waals surface area (Å²) in [6.45, 7) is 5.95. The van der Waals surface area contributed by atoms with Gasteiger partial charge in [0.2, 0.25) is 0 Å². The topological polar surface area (TPSA) is 59.1 Å². The van der Waals surface area contributed by atoms with E-state index in [4.69, 9.17) is 10.8 Å². The van der Waals surface area contributed by atoms with Crippen LogP contribution in [0, 0.1) is 0 Å². The zero-order chi connectivity index (χ0) is 8.69. The molecule has 60 valence electrons. The fourth-order valence-corrected chi connectivity index (χ4v) is 0.586. The molecular weight excluding hydrogens is 140 g/mol. The van der Waals surface area contributed by atoms with Crippen molar-refractivity contribution in [1.82, 2.24) is 4.98 Å². The lowest BCUT2D eigenvalue weighted by Crippen LogP contribution is -1.93. The number of nitrogens with two attached hydrogens (primary N) is 1. The predicted molar refractivity (Wildman–Crippen MR) is 45.8 cm³/mol. The molecule has 1 rings (SSSR count). The Hall–Kier alpha value is -1.35. The van der Waals surface area contributed by atoms with Gasteiger partial charge in [0.05, 0.1) is 12.3 Å². The first-order valence-corrected chi connectivity index (χ1v) is 3.15. The van der Waals surface area contributed by atoms with Crippen molar-refractivity contribution in [2.45, 2.75) is 6.61 Å². The van der Waals surface area contributed by atoms with Gasteiger partial charge >= 0.3 is 0 Å². The molecule has 0 fully saturated rings. The number of aromatic nitrogens is 1. The van der Waals surface area contributed by atoms with Crippen molar-refractivity contribution < 1.29 is 5.11 Å². The average molecular weight is 152 g/mol. The summed E-state index contributed by atoms with van der Waals surface area (Å²) < 4.78 is 0. The van der Waals surface area contributed by atoms with Crippen LogP contribution in [0.25, 0.3) is 0 Å². The molecule has 0 atom stereocenters. The lowest BCUT2D eigenvalue weighted by atomic mass is 10.3. The van der Waals surface area contributed by atoms with Crippen molar-refractivity contribution in [3.63, 3.8) is 0 Å². The molecule has 11 heavy (non-hydrogen) atoms. The number of hydrogen-bond donors (Lipinski definition) is 2. The summed E-state index contributed by atoms with van der Waals surface area (Å²) in [6, 6.07) is 5.16. The molecule has 0 aliphatic rings. The van der Waals surface area contributed by atoms with Gasteiger partial charge in [-0.05, 0) is 12.1 Å². The number of anilines is 1. The molecule has 0 saturated heterocycles. The van der Waals surface area contributed by atoms with Crippen LogP contribution in [0.5, 0.6) is 0 Å². The summed E-state index contributed by atoms with van der Waals surface area (Å²) in [5.41, 5.74) is 5.92. The van der Waals surface area contributed by atoms with Crippen LogP contribution in [0.15, 0.2) is 31.4 Å². The molecule has 0 spiro atoms. The molecule has 0 radical (unpaired) electrons. The minimum atomic E-state index is -0.0506. The molecule has 3 N–H and O–H groups in total. The average Bonchev–Trinajstić information content (AvgIpc) is 2.08. The van der Waals surface area contributed by atoms with Crippen LogP contribution in [-0.4, -0.2) is 10.1 Å². The fraction of sp³-hybridized carbons (Fsp3) is 0.125. The van der Waals surface area contributed by atoms with E-state index in [0.717, 1.165) is 0 Å². The van der Waals surface area contributed by atoms with E-state index >= 15 is 0 Å². The van der Waals surface area contributed by atoms with Gasteiger partial charge in [-0.3, -0.25) is 0 Å². The van der Waals surface area contributed by atoms with Gasteiger partial charge < -0.3 is 10.8 Å². The molecule has 0 bridgehead atoms. The zero-order valence-electron chi connectivity index (χ0n) is 6.33. The van der Waals surface area contributed by atoms with E-state index < -0.39 is 0 Å². The van der Waals surface area contributed by atoms with Gasteiger partial charge in [0.25, 0.3) is 0 Å². The van der Waals surface area contributed by atoms with Gasteiger partial charge in [-0.2, -0.15) is 0 Å². The summed E-state index contributed by atoms with van der Waals surface area (Å²) in [6.07, 6.45) is 0. The van der Waals surface area contributed by atoms with E-state index in [-0.39, 0.29) is 6.61 Å². The first-order chi connectivity index (χ1) is 5.33. The first kappa shape index (κ1) is 9.65. The largest absolute Gasteiger partial charge is 0.390 e. The van der Waals surface area contributed by atoms with Crippen LogP contribution in [-0.2, 0) is 6.61 Å². The number of nitrogen functional groups attached to an aromatic ring is 1. The van der Waals surface area contributed by atoms with Crippen molar-refractivity contribution >= 4 is 5.82 Å². The number of aliphatic hydroxyl groups is 1. The maximum atomic E-state index is 8.54.